The standard InChI is InChI=1S/C13H6F4IN/c14-9-8(2-1-7-3-5-19-6-4-7)10(15)12(17)13(18)11(9)16/h1-6H/b2-1+. The summed E-state index contributed by atoms with van der Waals surface area (Å²) in [7, 11) is 0. The van der Waals surface area contributed by atoms with Gasteiger partial charge in [-0.2, -0.15) is 0 Å². The summed E-state index contributed by atoms with van der Waals surface area (Å²) in [6.45, 7) is 0. The van der Waals surface area contributed by atoms with E-state index in [1.165, 1.54) is 41.1 Å². The third-order valence-corrected chi connectivity index (χ3v) is 3.34. The van der Waals surface area contributed by atoms with Gasteiger partial charge in [0, 0.05) is 12.4 Å². The molecular formula is C13H6F4IN. The monoisotopic (exact) mass is 379 g/mol. The summed E-state index contributed by atoms with van der Waals surface area (Å²) in [5.41, 5.74) is -0.139. The maximum atomic E-state index is 13.6. The largest absolute Gasteiger partial charge is 0.265 e. The van der Waals surface area contributed by atoms with Crippen LogP contribution in [0.15, 0.2) is 24.5 Å². The van der Waals surface area contributed by atoms with E-state index in [4.69, 9.17) is 0 Å². The molecule has 0 aliphatic heterocycles. The molecule has 0 atom stereocenters. The highest BCUT2D eigenvalue weighted by Gasteiger charge is 2.22. The lowest BCUT2D eigenvalue weighted by Gasteiger charge is -2.05. The molecule has 1 nitrogen and oxygen atoms in total. The van der Waals surface area contributed by atoms with E-state index in [1.54, 1.807) is 12.1 Å². The molecule has 0 fully saturated rings. The molecule has 98 valence electrons. The van der Waals surface area contributed by atoms with Gasteiger partial charge >= 0.3 is 0 Å². The Morgan fingerprint density at radius 2 is 1.37 bits per heavy atom. The topological polar surface area (TPSA) is 12.9 Å². The van der Waals surface area contributed by atoms with Crippen LogP contribution in [-0.2, 0) is 0 Å². The van der Waals surface area contributed by atoms with Crippen LogP contribution in [0.2, 0.25) is 0 Å². The number of hydrogen-bond acceptors (Lipinski definition) is 1. The summed E-state index contributed by atoms with van der Waals surface area (Å²) in [5, 5.41) is 0. The highest BCUT2D eigenvalue weighted by molar-refractivity contribution is 14.1. The van der Waals surface area contributed by atoms with Crippen molar-refractivity contribution in [1.82, 2.24) is 4.98 Å². The quantitative estimate of drug-likeness (QED) is 0.326. The molecule has 0 aliphatic carbocycles. The first kappa shape index (κ1) is 14.0. The lowest BCUT2D eigenvalue weighted by molar-refractivity contribution is 0.443. The van der Waals surface area contributed by atoms with Crippen molar-refractivity contribution in [2.45, 2.75) is 0 Å². The van der Waals surface area contributed by atoms with E-state index in [9.17, 15) is 17.6 Å². The summed E-state index contributed by atoms with van der Waals surface area (Å²) in [5.74, 6) is -5.61. The van der Waals surface area contributed by atoms with Crippen molar-refractivity contribution in [3.8, 4) is 0 Å². The molecule has 1 heterocycles. The van der Waals surface area contributed by atoms with E-state index < -0.39 is 32.4 Å². The van der Waals surface area contributed by atoms with Crippen molar-refractivity contribution in [3.63, 3.8) is 0 Å². The van der Waals surface area contributed by atoms with Gasteiger partial charge in [0.05, 0.1) is 9.13 Å². The normalized spacial score (nSPS) is 11.2. The minimum atomic E-state index is -1.41. The first-order valence-electron chi connectivity index (χ1n) is 5.12. The van der Waals surface area contributed by atoms with Crippen LogP contribution in [0.1, 0.15) is 11.1 Å². The molecule has 0 N–H and O–H groups in total. The lowest BCUT2D eigenvalue weighted by Crippen LogP contribution is -2.02. The van der Waals surface area contributed by atoms with Gasteiger partial charge in [-0.1, -0.05) is 6.08 Å². The van der Waals surface area contributed by atoms with Gasteiger partial charge in [0.15, 0.2) is 23.3 Å². The van der Waals surface area contributed by atoms with E-state index in [-0.39, 0.29) is 0 Å². The van der Waals surface area contributed by atoms with Crippen LogP contribution in [0.5, 0.6) is 0 Å². The average Bonchev–Trinajstić information content (AvgIpc) is 2.44. The Labute approximate surface area is 120 Å². The SMILES string of the molecule is Fc1c(F)c(/C=C/c2ccncc2)c(F)c(F)c1I. The van der Waals surface area contributed by atoms with Crippen LogP contribution in [-0.4, -0.2) is 4.98 Å². The molecule has 2 aromatic rings. The smallest absolute Gasteiger partial charge is 0.175 e. The van der Waals surface area contributed by atoms with Crippen molar-refractivity contribution in [1.29, 1.82) is 0 Å². The second-order valence-electron chi connectivity index (χ2n) is 3.60. The first-order chi connectivity index (χ1) is 9.02. The molecule has 0 aliphatic rings. The number of hydrogen-bond donors (Lipinski definition) is 0. The van der Waals surface area contributed by atoms with Gasteiger partial charge in [0.1, 0.15) is 0 Å². The number of halogens is 5. The highest BCUT2D eigenvalue weighted by Crippen LogP contribution is 2.26. The number of rotatable bonds is 2. The highest BCUT2D eigenvalue weighted by atomic mass is 127. The van der Waals surface area contributed by atoms with Crippen LogP contribution >= 0.6 is 22.6 Å². The molecule has 0 unspecified atom stereocenters. The van der Waals surface area contributed by atoms with E-state index in [0.29, 0.717) is 5.56 Å². The fourth-order valence-electron chi connectivity index (χ4n) is 1.42. The van der Waals surface area contributed by atoms with Crippen molar-refractivity contribution in [3.05, 3.63) is 62.5 Å². The maximum absolute atomic E-state index is 13.6. The molecule has 0 radical (unpaired) electrons. The molecule has 0 saturated heterocycles. The molecule has 0 spiro atoms. The summed E-state index contributed by atoms with van der Waals surface area (Å²) in [4.78, 5) is 3.77. The lowest BCUT2D eigenvalue weighted by atomic mass is 10.1. The summed E-state index contributed by atoms with van der Waals surface area (Å²) < 4.78 is 53.1. The second kappa shape index (κ2) is 5.68. The fraction of sp³-hybridized carbons (Fsp3) is 0. The predicted molar refractivity (Wildman–Crippen MR) is 72.2 cm³/mol. The minimum Gasteiger partial charge on any atom is -0.265 e. The molecule has 1 aromatic carbocycles. The van der Waals surface area contributed by atoms with Crippen molar-refractivity contribution in [2.24, 2.45) is 0 Å². The Morgan fingerprint density at radius 3 is 1.89 bits per heavy atom. The Morgan fingerprint density at radius 1 is 0.842 bits per heavy atom. The molecule has 6 heteroatoms. The van der Waals surface area contributed by atoms with Crippen LogP contribution < -0.4 is 0 Å². The molecule has 0 amide bonds. The van der Waals surface area contributed by atoms with Crippen molar-refractivity contribution < 1.29 is 17.6 Å². The molecule has 0 bridgehead atoms. The van der Waals surface area contributed by atoms with Gasteiger partial charge in [-0.15, -0.1) is 0 Å². The zero-order valence-electron chi connectivity index (χ0n) is 9.30. The van der Waals surface area contributed by atoms with E-state index in [1.807, 2.05) is 0 Å². The first-order valence-corrected chi connectivity index (χ1v) is 6.19. The number of aromatic nitrogens is 1. The second-order valence-corrected chi connectivity index (χ2v) is 4.68. The van der Waals surface area contributed by atoms with Gasteiger partial charge in [0.2, 0.25) is 0 Å². The van der Waals surface area contributed by atoms with E-state index in [2.05, 4.69) is 4.98 Å². The Hall–Kier alpha value is -1.44. The fourth-order valence-corrected chi connectivity index (χ4v) is 1.90. The Kier molecular flexibility index (Phi) is 4.18. The van der Waals surface area contributed by atoms with Gasteiger partial charge in [-0.3, -0.25) is 4.98 Å². The number of nitrogens with zero attached hydrogens (tertiary/aromatic N) is 1. The molecule has 1 aromatic heterocycles. The average molecular weight is 379 g/mol. The van der Waals surface area contributed by atoms with E-state index in [0.717, 1.165) is 6.08 Å². The third kappa shape index (κ3) is 2.78. The van der Waals surface area contributed by atoms with Crippen LogP contribution in [0.25, 0.3) is 12.2 Å². The van der Waals surface area contributed by atoms with Gasteiger partial charge in [0.25, 0.3) is 0 Å². The van der Waals surface area contributed by atoms with Gasteiger partial charge in [-0.25, -0.2) is 17.6 Å². The van der Waals surface area contributed by atoms with Crippen molar-refractivity contribution in [2.75, 3.05) is 0 Å². The van der Waals surface area contributed by atoms with Crippen LogP contribution in [0, 0.1) is 26.8 Å². The van der Waals surface area contributed by atoms with Gasteiger partial charge < -0.3 is 0 Å². The van der Waals surface area contributed by atoms with Crippen molar-refractivity contribution >= 4 is 34.7 Å². The van der Waals surface area contributed by atoms with Crippen LogP contribution in [0.4, 0.5) is 17.6 Å². The zero-order valence-corrected chi connectivity index (χ0v) is 11.5. The van der Waals surface area contributed by atoms with Gasteiger partial charge in [-0.05, 0) is 46.4 Å². The molecule has 2 rings (SSSR count). The third-order valence-electron chi connectivity index (χ3n) is 2.39. The molecular weight excluding hydrogens is 373 g/mol. The molecule has 19 heavy (non-hydrogen) atoms. The Balaban J connectivity index is 2.50. The maximum Gasteiger partial charge on any atom is 0.175 e. The summed E-state index contributed by atoms with van der Waals surface area (Å²) in [6.07, 6.45) is 5.31. The Bertz CT molecular complexity index is 612. The molecule has 0 saturated carbocycles. The van der Waals surface area contributed by atoms with Crippen LogP contribution in [0.3, 0.4) is 0 Å². The predicted octanol–water partition coefficient (Wildman–Crippen LogP) is 4.41. The summed E-state index contributed by atoms with van der Waals surface area (Å²) in [6, 6.07) is 3.18. The number of benzene rings is 1. The summed E-state index contributed by atoms with van der Waals surface area (Å²) >= 11 is 1.21. The minimum absolute atomic E-state index is 0.605. The van der Waals surface area contributed by atoms with E-state index >= 15 is 0 Å². The number of pyridine rings is 1. The zero-order chi connectivity index (χ0) is 14.0.